The van der Waals surface area contributed by atoms with Gasteiger partial charge in [0.1, 0.15) is 5.56 Å². The number of hydrogen-bond donors (Lipinski definition) is 0. The van der Waals surface area contributed by atoms with Crippen LogP contribution in [0.1, 0.15) is 15.9 Å². The number of ketones is 1. The molecule has 0 aliphatic heterocycles. The predicted octanol–water partition coefficient (Wildman–Crippen LogP) is 4.40. The summed E-state index contributed by atoms with van der Waals surface area (Å²) in [4.78, 5) is 31.7. The molecular weight excluding hydrogens is 536 g/mol. The van der Waals surface area contributed by atoms with Crippen molar-refractivity contribution in [1.29, 1.82) is 0 Å². The van der Waals surface area contributed by atoms with Gasteiger partial charge in [0.2, 0.25) is 24.6 Å². The maximum Gasteiger partial charge on any atom is 0.314 e. The van der Waals surface area contributed by atoms with Crippen LogP contribution in [0.4, 0.5) is 11.4 Å². The first kappa shape index (κ1) is 26.3. The molecule has 0 spiro atoms. The molecule has 0 saturated carbocycles. The van der Waals surface area contributed by atoms with Gasteiger partial charge in [-0.1, -0.05) is 66.7 Å². The van der Waals surface area contributed by atoms with E-state index >= 15 is 0 Å². The summed E-state index contributed by atoms with van der Waals surface area (Å²) in [6.07, 6.45) is 0. The smallest absolute Gasteiger partial charge is 0.288 e. The Kier molecular flexibility index (Phi) is 6.89. The van der Waals surface area contributed by atoms with Crippen molar-refractivity contribution in [1.82, 2.24) is 0 Å². The van der Waals surface area contributed by atoms with E-state index in [9.17, 15) is 41.9 Å². The van der Waals surface area contributed by atoms with Crippen LogP contribution in [0.2, 0.25) is 0 Å². The summed E-state index contributed by atoms with van der Waals surface area (Å²) in [5, 5.41) is 24.6. The fourth-order valence-corrected chi connectivity index (χ4v) is 6.96. The molecule has 0 aromatic heterocycles. The number of carbonyl (C=O) groups excluding carboxylic acids is 1. The van der Waals surface area contributed by atoms with Gasteiger partial charge in [0.15, 0.2) is 10.7 Å². The summed E-state index contributed by atoms with van der Waals surface area (Å²) in [6.45, 7) is 0. The molecule has 0 radical (unpaired) electrons. The molecule has 0 amide bonds. The van der Waals surface area contributed by atoms with Gasteiger partial charge >= 0.3 is 11.4 Å². The topological polar surface area (TPSA) is 172 Å². The van der Waals surface area contributed by atoms with E-state index in [1.54, 1.807) is 6.07 Å². The lowest BCUT2D eigenvalue weighted by molar-refractivity contribution is -0.401. The molecule has 4 aromatic rings. The molecule has 0 bridgehead atoms. The second-order valence-electron chi connectivity index (χ2n) is 7.79. The number of nitro groups is 2. The molecule has 0 fully saturated rings. The van der Waals surface area contributed by atoms with Crippen molar-refractivity contribution in [2.24, 2.45) is 0 Å². The highest BCUT2D eigenvalue weighted by atomic mass is 32.2. The van der Waals surface area contributed by atoms with Gasteiger partial charge in [-0.2, -0.15) is 0 Å². The zero-order valence-corrected chi connectivity index (χ0v) is 20.8. The Morgan fingerprint density at radius 3 is 1.47 bits per heavy atom. The minimum atomic E-state index is -5.09. The molecule has 38 heavy (non-hydrogen) atoms. The van der Waals surface area contributed by atoms with Crippen LogP contribution < -0.4 is 0 Å². The molecule has 4 rings (SSSR count). The molecule has 4 aromatic carbocycles. The lowest BCUT2D eigenvalue weighted by Crippen LogP contribution is -2.17. The third-order valence-corrected chi connectivity index (χ3v) is 9.11. The van der Waals surface area contributed by atoms with Crippen molar-refractivity contribution in [3.63, 3.8) is 0 Å². The van der Waals surface area contributed by atoms with Crippen LogP contribution in [-0.2, 0) is 19.7 Å². The Hall–Kier alpha value is -4.75. The lowest BCUT2D eigenvalue weighted by atomic mass is 10.0. The van der Waals surface area contributed by atoms with Crippen molar-refractivity contribution in [2.75, 3.05) is 0 Å². The Morgan fingerprint density at radius 1 is 0.605 bits per heavy atom. The lowest BCUT2D eigenvalue weighted by Gasteiger charge is -2.14. The largest absolute Gasteiger partial charge is 0.314 e. The van der Waals surface area contributed by atoms with Gasteiger partial charge in [-0.3, -0.25) is 25.0 Å². The molecule has 0 unspecified atom stereocenters. The fraction of sp³-hybridized carbons (Fsp3) is 0. The summed E-state index contributed by atoms with van der Waals surface area (Å²) < 4.78 is 54.6. The van der Waals surface area contributed by atoms with Gasteiger partial charge in [0.25, 0.3) is 0 Å². The third kappa shape index (κ3) is 4.55. The number of carbonyl (C=O) groups is 1. The van der Waals surface area contributed by atoms with E-state index in [0.717, 1.165) is 24.3 Å². The molecule has 11 nitrogen and oxygen atoms in total. The number of hydrogen-bond acceptors (Lipinski definition) is 9. The highest BCUT2D eigenvalue weighted by Crippen LogP contribution is 2.45. The number of sulfone groups is 2. The van der Waals surface area contributed by atoms with Crippen LogP contribution in [0.25, 0.3) is 0 Å². The molecule has 0 heterocycles. The van der Waals surface area contributed by atoms with E-state index < -0.39 is 71.8 Å². The Bertz CT molecular complexity index is 1790. The van der Waals surface area contributed by atoms with Crippen LogP contribution in [0.5, 0.6) is 0 Å². The minimum absolute atomic E-state index is 0.129. The molecule has 13 heteroatoms. The highest BCUT2D eigenvalue weighted by Gasteiger charge is 2.46. The van der Waals surface area contributed by atoms with E-state index in [1.165, 1.54) is 60.7 Å². The van der Waals surface area contributed by atoms with Gasteiger partial charge in [0, 0.05) is 5.56 Å². The van der Waals surface area contributed by atoms with Crippen LogP contribution in [0, 0.1) is 20.2 Å². The summed E-state index contributed by atoms with van der Waals surface area (Å²) in [5.74, 6) is -1.10. The first-order valence-electron chi connectivity index (χ1n) is 10.7. The Morgan fingerprint density at radius 2 is 1.03 bits per heavy atom. The summed E-state index contributed by atoms with van der Waals surface area (Å²) >= 11 is 0. The SMILES string of the molecule is O=C(c1ccccc1)c1cc(S(=O)(=O)c2ccccc2)c([N+](=O)[O-])c(S(=O)(=O)c2ccccc2)c1[N+](=O)[O-]. The van der Waals surface area contributed by atoms with Crippen molar-refractivity contribution >= 4 is 36.8 Å². The first-order chi connectivity index (χ1) is 18.0. The molecule has 192 valence electrons. The van der Waals surface area contributed by atoms with Gasteiger partial charge in [0.05, 0.1) is 19.6 Å². The Labute approximate surface area is 216 Å². The minimum Gasteiger partial charge on any atom is -0.288 e. The van der Waals surface area contributed by atoms with Gasteiger partial charge in [-0.25, -0.2) is 16.8 Å². The molecule has 0 saturated heterocycles. The standard InChI is InChI=1S/C25H16N2O9S2/c28-24(17-10-4-1-5-11-17)20-16-21(37(33,34)18-12-6-2-7-13-18)23(27(31)32)25(22(20)26(29)30)38(35,36)19-14-8-3-9-15-19/h1-16H. The second kappa shape index (κ2) is 9.95. The van der Waals surface area contributed by atoms with Crippen molar-refractivity contribution < 1.29 is 31.5 Å². The van der Waals surface area contributed by atoms with Gasteiger partial charge in [-0.05, 0) is 30.3 Å². The second-order valence-corrected chi connectivity index (χ2v) is 11.6. The summed E-state index contributed by atoms with van der Waals surface area (Å²) in [6, 6.07) is 20.0. The molecular formula is C25H16N2O9S2. The van der Waals surface area contributed by atoms with Crippen LogP contribution in [0.3, 0.4) is 0 Å². The van der Waals surface area contributed by atoms with Gasteiger partial charge < -0.3 is 0 Å². The fourth-order valence-electron chi connectivity index (χ4n) is 3.79. The third-order valence-electron chi connectivity index (χ3n) is 5.51. The highest BCUT2D eigenvalue weighted by molar-refractivity contribution is 7.92. The van der Waals surface area contributed by atoms with Crippen molar-refractivity contribution in [3.8, 4) is 0 Å². The van der Waals surface area contributed by atoms with Crippen LogP contribution in [0.15, 0.2) is 117 Å². The number of nitro benzene ring substituents is 2. The molecule has 0 aliphatic carbocycles. The van der Waals surface area contributed by atoms with Crippen LogP contribution in [-0.4, -0.2) is 32.5 Å². The zero-order valence-electron chi connectivity index (χ0n) is 19.1. The molecule has 0 atom stereocenters. The van der Waals surface area contributed by atoms with E-state index in [2.05, 4.69) is 0 Å². The number of benzene rings is 4. The summed E-state index contributed by atoms with van der Waals surface area (Å²) in [5.41, 5.74) is -4.00. The van der Waals surface area contributed by atoms with Crippen molar-refractivity contribution in [3.05, 3.63) is 128 Å². The molecule has 0 aliphatic rings. The van der Waals surface area contributed by atoms with E-state index in [-0.39, 0.29) is 5.56 Å². The Balaban J connectivity index is 2.25. The maximum atomic E-state index is 13.7. The first-order valence-corrected chi connectivity index (χ1v) is 13.6. The zero-order chi connectivity index (χ0) is 27.7. The average molecular weight is 553 g/mol. The number of nitrogens with zero attached hydrogens (tertiary/aromatic N) is 2. The predicted molar refractivity (Wildman–Crippen MR) is 133 cm³/mol. The maximum absolute atomic E-state index is 13.7. The van der Waals surface area contributed by atoms with Gasteiger partial charge in [-0.15, -0.1) is 0 Å². The van der Waals surface area contributed by atoms with E-state index in [1.807, 2.05) is 0 Å². The van der Waals surface area contributed by atoms with E-state index in [4.69, 9.17) is 0 Å². The van der Waals surface area contributed by atoms with Crippen molar-refractivity contribution in [2.45, 2.75) is 19.6 Å². The average Bonchev–Trinajstić information content (AvgIpc) is 2.92. The quantitative estimate of drug-likeness (QED) is 0.174. The monoisotopic (exact) mass is 552 g/mol. The number of rotatable bonds is 8. The normalized spacial score (nSPS) is 11.6. The van der Waals surface area contributed by atoms with E-state index in [0.29, 0.717) is 6.07 Å². The molecule has 0 N–H and O–H groups in total. The van der Waals surface area contributed by atoms with Crippen LogP contribution >= 0.6 is 0 Å². The summed E-state index contributed by atoms with van der Waals surface area (Å²) in [7, 11) is -9.93.